The first kappa shape index (κ1) is 21.0. The fourth-order valence-corrected chi connectivity index (χ4v) is 4.23. The van der Waals surface area contributed by atoms with Crippen LogP contribution in [0.1, 0.15) is 26.7 Å². The van der Waals surface area contributed by atoms with Gasteiger partial charge in [-0.3, -0.25) is 13.9 Å². The minimum atomic E-state index is -0.331. The second kappa shape index (κ2) is 8.13. The molecule has 0 fully saturated rings. The Hall–Kier alpha value is -3.23. The molecule has 0 radical (unpaired) electrons. The van der Waals surface area contributed by atoms with Gasteiger partial charge in [-0.15, -0.1) is 0 Å². The Morgan fingerprint density at radius 3 is 2.61 bits per heavy atom. The first-order valence-electron chi connectivity index (χ1n) is 10.6. The van der Waals surface area contributed by atoms with E-state index in [9.17, 15) is 9.59 Å². The molecule has 9 nitrogen and oxygen atoms in total. The summed E-state index contributed by atoms with van der Waals surface area (Å²) in [5.74, 6) is 2.25. The van der Waals surface area contributed by atoms with Gasteiger partial charge in [0.1, 0.15) is 11.5 Å². The van der Waals surface area contributed by atoms with Crippen molar-refractivity contribution in [3.8, 4) is 11.5 Å². The Kier molecular flexibility index (Phi) is 5.51. The molecule has 4 rings (SSSR count). The number of fused-ring (bicyclic) bond motifs is 3. The van der Waals surface area contributed by atoms with Crippen LogP contribution in [-0.4, -0.2) is 39.4 Å². The fourth-order valence-electron chi connectivity index (χ4n) is 4.23. The summed E-state index contributed by atoms with van der Waals surface area (Å²) >= 11 is 0. The number of methoxy groups -OCH3 is 2. The van der Waals surface area contributed by atoms with Crippen LogP contribution in [0.15, 0.2) is 27.8 Å². The van der Waals surface area contributed by atoms with Crippen LogP contribution in [0.4, 0.5) is 11.6 Å². The molecule has 1 aliphatic heterocycles. The predicted octanol–water partition coefficient (Wildman–Crippen LogP) is 2.50. The largest absolute Gasteiger partial charge is 0.497 e. The van der Waals surface area contributed by atoms with Crippen LogP contribution in [0.25, 0.3) is 11.2 Å². The van der Waals surface area contributed by atoms with Gasteiger partial charge in [-0.1, -0.05) is 20.3 Å². The molecule has 3 aromatic rings. The Balaban J connectivity index is 1.96. The van der Waals surface area contributed by atoms with Crippen molar-refractivity contribution in [2.75, 3.05) is 25.7 Å². The smallest absolute Gasteiger partial charge is 0.332 e. The second-order valence-electron chi connectivity index (χ2n) is 8.10. The van der Waals surface area contributed by atoms with Crippen molar-refractivity contribution < 1.29 is 9.47 Å². The molecular formula is C22H29N5O4. The highest BCUT2D eigenvalue weighted by Crippen LogP contribution is 2.39. The number of aryl methyl sites for hydroxylation is 1. The number of aromatic nitrogens is 4. The molecule has 0 saturated heterocycles. The number of benzene rings is 1. The van der Waals surface area contributed by atoms with Crippen LogP contribution in [0.3, 0.4) is 0 Å². The van der Waals surface area contributed by atoms with Gasteiger partial charge in [-0.2, -0.15) is 4.98 Å². The molecule has 0 spiro atoms. The number of imidazole rings is 1. The van der Waals surface area contributed by atoms with Crippen molar-refractivity contribution in [2.45, 2.75) is 39.8 Å². The first-order chi connectivity index (χ1) is 14.9. The summed E-state index contributed by atoms with van der Waals surface area (Å²) in [6.45, 7) is 5.95. The number of hydrogen-bond acceptors (Lipinski definition) is 6. The van der Waals surface area contributed by atoms with E-state index in [1.54, 1.807) is 21.3 Å². The van der Waals surface area contributed by atoms with E-state index in [1.807, 2.05) is 34.6 Å². The van der Waals surface area contributed by atoms with Gasteiger partial charge in [0.2, 0.25) is 5.95 Å². The summed E-state index contributed by atoms with van der Waals surface area (Å²) < 4.78 is 15.7. The van der Waals surface area contributed by atoms with Gasteiger partial charge in [-0.25, -0.2) is 4.79 Å². The molecule has 0 amide bonds. The monoisotopic (exact) mass is 427 g/mol. The lowest BCUT2D eigenvalue weighted by atomic mass is 10.1. The third kappa shape index (κ3) is 3.37. The third-order valence-electron chi connectivity index (χ3n) is 5.86. The maximum Gasteiger partial charge on any atom is 0.332 e. The zero-order valence-electron chi connectivity index (χ0n) is 18.7. The Labute approximate surface area is 180 Å². The van der Waals surface area contributed by atoms with E-state index in [2.05, 4.69) is 6.92 Å². The average molecular weight is 428 g/mol. The van der Waals surface area contributed by atoms with Crippen LogP contribution in [-0.2, 0) is 20.1 Å². The van der Waals surface area contributed by atoms with E-state index in [-0.39, 0.29) is 17.2 Å². The standard InChI is InChI=1S/C22H29N5O4/c1-6-7-10-25-20(28)18-19(24(3)22(25)29)23-21-26(12-14(2)13-27(18)21)16-9-8-15(30-4)11-17(16)31-5/h8-9,11,14H,6-7,10,12-13H2,1-5H3/t14-/m0/s1. The maximum atomic E-state index is 13.3. The molecule has 9 heteroatoms. The van der Waals surface area contributed by atoms with E-state index in [4.69, 9.17) is 14.5 Å². The molecule has 1 aliphatic rings. The van der Waals surface area contributed by atoms with E-state index in [0.717, 1.165) is 18.5 Å². The second-order valence-corrected chi connectivity index (χ2v) is 8.10. The van der Waals surface area contributed by atoms with Crippen LogP contribution < -0.4 is 25.6 Å². The van der Waals surface area contributed by atoms with Gasteiger partial charge in [0.25, 0.3) is 5.56 Å². The normalized spacial score (nSPS) is 15.9. The van der Waals surface area contributed by atoms with Gasteiger partial charge in [0, 0.05) is 32.7 Å². The van der Waals surface area contributed by atoms with E-state index in [1.165, 1.54) is 9.13 Å². The summed E-state index contributed by atoms with van der Waals surface area (Å²) in [6, 6.07) is 5.63. The summed E-state index contributed by atoms with van der Waals surface area (Å²) in [5, 5.41) is 0. The molecule has 3 heterocycles. The number of unbranched alkanes of at least 4 members (excludes halogenated alkanes) is 1. The van der Waals surface area contributed by atoms with Crippen molar-refractivity contribution in [3.05, 3.63) is 39.0 Å². The maximum absolute atomic E-state index is 13.3. The molecular weight excluding hydrogens is 398 g/mol. The highest BCUT2D eigenvalue weighted by Gasteiger charge is 2.31. The quantitative estimate of drug-likeness (QED) is 0.601. The van der Waals surface area contributed by atoms with Crippen molar-refractivity contribution in [1.82, 2.24) is 18.7 Å². The van der Waals surface area contributed by atoms with Crippen LogP contribution in [0.5, 0.6) is 11.5 Å². The predicted molar refractivity (Wildman–Crippen MR) is 120 cm³/mol. The molecule has 0 saturated carbocycles. The van der Waals surface area contributed by atoms with Crippen molar-refractivity contribution >= 4 is 22.8 Å². The molecule has 1 atom stereocenters. The summed E-state index contributed by atoms with van der Waals surface area (Å²) in [7, 11) is 4.90. The average Bonchev–Trinajstić information content (AvgIpc) is 3.16. The van der Waals surface area contributed by atoms with Crippen LogP contribution in [0, 0.1) is 5.92 Å². The molecule has 0 N–H and O–H groups in total. The number of hydrogen-bond donors (Lipinski definition) is 0. The highest BCUT2D eigenvalue weighted by atomic mass is 16.5. The molecule has 166 valence electrons. The van der Waals surface area contributed by atoms with Gasteiger partial charge < -0.3 is 18.9 Å². The van der Waals surface area contributed by atoms with Crippen molar-refractivity contribution in [1.29, 1.82) is 0 Å². The summed E-state index contributed by atoms with van der Waals surface area (Å²) in [5.41, 5.74) is 1.10. The lowest BCUT2D eigenvalue weighted by Crippen LogP contribution is -2.40. The minimum absolute atomic E-state index is 0.262. The van der Waals surface area contributed by atoms with E-state index in [0.29, 0.717) is 48.2 Å². The highest BCUT2D eigenvalue weighted by molar-refractivity contribution is 5.78. The SMILES string of the molecule is CCCCn1c(=O)c2c(nc3n2C[C@@H](C)CN3c2ccc(OC)cc2OC)n(C)c1=O. The van der Waals surface area contributed by atoms with Crippen LogP contribution in [0.2, 0.25) is 0 Å². The summed E-state index contributed by atoms with van der Waals surface area (Å²) in [4.78, 5) is 33.0. The van der Waals surface area contributed by atoms with Crippen LogP contribution >= 0.6 is 0 Å². The number of ether oxygens (including phenoxy) is 2. The Morgan fingerprint density at radius 1 is 1.16 bits per heavy atom. The van der Waals surface area contributed by atoms with Crippen molar-refractivity contribution in [2.24, 2.45) is 13.0 Å². The van der Waals surface area contributed by atoms with E-state index < -0.39 is 0 Å². The lowest BCUT2D eigenvalue weighted by Gasteiger charge is -2.33. The zero-order chi connectivity index (χ0) is 22.3. The third-order valence-corrected chi connectivity index (χ3v) is 5.86. The number of rotatable bonds is 6. The van der Waals surface area contributed by atoms with Gasteiger partial charge >= 0.3 is 5.69 Å². The fraction of sp³-hybridized carbons (Fsp3) is 0.500. The number of nitrogens with zero attached hydrogens (tertiary/aromatic N) is 5. The molecule has 0 bridgehead atoms. The molecule has 2 aromatic heterocycles. The first-order valence-corrected chi connectivity index (χ1v) is 10.6. The van der Waals surface area contributed by atoms with Gasteiger partial charge in [-0.05, 0) is 24.5 Å². The Morgan fingerprint density at radius 2 is 1.94 bits per heavy atom. The molecule has 0 unspecified atom stereocenters. The van der Waals surface area contributed by atoms with Crippen molar-refractivity contribution in [3.63, 3.8) is 0 Å². The Bertz CT molecular complexity index is 1240. The zero-order valence-corrected chi connectivity index (χ0v) is 18.7. The molecule has 31 heavy (non-hydrogen) atoms. The van der Waals surface area contributed by atoms with E-state index >= 15 is 0 Å². The molecule has 1 aromatic carbocycles. The molecule has 0 aliphatic carbocycles. The van der Waals surface area contributed by atoms with Gasteiger partial charge in [0.05, 0.1) is 19.9 Å². The lowest BCUT2D eigenvalue weighted by molar-refractivity contribution is 0.392. The van der Waals surface area contributed by atoms with Gasteiger partial charge in [0.15, 0.2) is 11.2 Å². The summed E-state index contributed by atoms with van der Waals surface area (Å²) in [6.07, 6.45) is 1.67. The minimum Gasteiger partial charge on any atom is -0.497 e. The topological polar surface area (TPSA) is 83.5 Å². The number of anilines is 2.